The Morgan fingerprint density at radius 2 is 1.82 bits per heavy atom. The molecule has 0 aliphatic heterocycles. The zero-order valence-corrected chi connectivity index (χ0v) is 19.1. The van der Waals surface area contributed by atoms with Gasteiger partial charge in [0.2, 0.25) is 5.97 Å². The number of pyridine rings is 1. The van der Waals surface area contributed by atoms with Gasteiger partial charge in [0, 0.05) is 11.9 Å². The molecule has 1 aromatic heterocycles. The SMILES string of the molecule is C=C(C)/C=C/c1ccc(/C(=C(\c2ncccc2F)C2CCC2)c2ccc(N)c(C(=N)F)c2)cc1. The third-order valence-corrected chi connectivity index (χ3v) is 6.13. The summed E-state index contributed by atoms with van der Waals surface area (Å²) in [7, 11) is 0. The van der Waals surface area contributed by atoms with Gasteiger partial charge in [-0.25, -0.2) is 4.39 Å². The fraction of sp³-hybridized carbons (Fsp3) is 0.172. The first kappa shape index (κ1) is 23.3. The van der Waals surface area contributed by atoms with Crippen molar-refractivity contribution in [1.29, 1.82) is 5.41 Å². The standard InChI is InChI=1S/C29H27F2N3/c1-18(2)8-9-19-10-12-21(13-11-19)26(22-14-15-25(32)23(17-22)29(31)33)27(20-5-3-6-20)28-24(30)7-4-16-34-28/h4,7-17,20,33H,1,3,5-6,32H2,2H3/b9-8+,27-26+,33-29?. The number of halogens is 2. The Bertz CT molecular complexity index is 1300. The van der Waals surface area contributed by atoms with E-state index in [0.29, 0.717) is 11.3 Å². The molecule has 2 aromatic carbocycles. The van der Waals surface area contributed by atoms with Crippen molar-refractivity contribution < 1.29 is 8.78 Å². The molecule has 0 saturated heterocycles. The Hall–Kier alpha value is -3.86. The molecule has 3 N–H and O–H groups in total. The molecule has 5 heteroatoms. The molecule has 34 heavy (non-hydrogen) atoms. The minimum Gasteiger partial charge on any atom is -0.398 e. The molecule has 3 nitrogen and oxygen atoms in total. The van der Waals surface area contributed by atoms with Crippen LogP contribution in [0.25, 0.3) is 17.2 Å². The predicted molar refractivity (Wildman–Crippen MR) is 137 cm³/mol. The second kappa shape index (κ2) is 9.96. The van der Waals surface area contributed by atoms with Gasteiger partial charge in [-0.15, -0.1) is 0 Å². The minimum absolute atomic E-state index is 0.0189. The van der Waals surface area contributed by atoms with Crippen LogP contribution in [-0.2, 0) is 0 Å². The van der Waals surface area contributed by atoms with Crippen molar-refractivity contribution in [2.75, 3.05) is 5.73 Å². The van der Waals surface area contributed by atoms with E-state index in [1.54, 1.807) is 30.5 Å². The van der Waals surface area contributed by atoms with Crippen LogP contribution in [-0.4, -0.2) is 10.9 Å². The largest absolute Gasteiger partial charge is 0.398 e. The summed E-state index contributed by atoms with van der Waals surface area (Å²) in [5.74, 6) is -1.36. The molecule has 4 rings (SSSR count). The van der Waals surface area contributed by atoms with Crippen LogP contribution in [0.3, 0.4) is 0 Å². The maximum absolute atomic E-state index is 15.0. The van der Waals surface area contributed by atoms with Crippen molar-refractivity contribution >= 4 is 28.9 Å². The van der Waals surface area contributed by atoms with E-state index in [4.69, 9.17) is 11.1 Å². The number of hydrogen-bond donors (Lipinski definition) is 2. The van der Waals surface area contributed by atoms with E-state index >= 15 is 4.39 Å². The molecule has 0 radical (unpaired) electrons. The number of nitrogens with zero attached hydrogens (tertiary/aromatic N) is 1. The lowest BCUT2D eigenvalue weighted by molar-refractivity contribution is 0.399. The van der Waals surface area contributed by atoms with E-state index in [1.165, 1.54) is 6.07 Å². The van der Waals surface area contributed by atoms with E-state index in [2.05, 4.69) is 11.6 Å². The van der Waals surface area contributed by atoms with Gasteiger partial charge in [0.15, 0.2) is 0 Å². The summed E-state index contributed by atoms with van der Waals surface area (Å²) in [5.41, 5.74) is 11.5. The molecule has 1 aliphatic rings. The Kier molecular flexibility index (Phi) is 6.82. The molecule has 1 saturated carbocycles. The normalized spacial score (nSPS) is 14.6. The number of allylic oxidation sites excluding steroid dienone is 3. The fourth-order valence-electron chi connectivity index (χ4n) is 4.18. The quantitative estimate of drug-likeness (QED) is 0.221. The maximum atomic E-state index is 15.0. The van der Waals surface area contributed by atoms with Crippen LogP contribution in [0.2, 0.25) is 0 Å². The molecule has 1 heterocycles. The smallest absolute Gasteiger partial charge is 0.214 e. The van der Waals surface area contributed by atoms with Gasteiger partial charge >= 0.3 is 0 Å². The van der Waals surface area contributed by atoms with Crippen molar-refractivity contribution in [1.82, 2.24) is 4.98 Å². The minimum atomic E-state index is -1.10. The third kappa shape index (κ3) is 4.88. The van der Waals surface area contributed by atoms with Crippen LogP contribution in [0, 0.1) is 17.1 Å². The molecule has 0 bridgehead atoms. The van der Waals surface area contributed by atoms with Gasteiger partial charge in [0.05, 0.1) is 5.56 Å². The van der Waals surface area contributed by atoms with Crippen LogP contribution >= 0.6 is 0 Å². The van der Waals surface area contributed by atoms with Gasteiger partial charge in [-0.05, 0) is 77.8 Å². The van der Waals surface area contributed by atoms with Gasteiger partial charge in [-0.2, -0.15) is 4.39 Å². The molecule has 172 valence electrons. The molecular formula is C29H27F2N3. The van der Waals surface area contributed by atoms with Crippen LogP contribution in [0.5, 0.6) is 0 Å². The molecule has 0 atom stereocenters. The molecule has 1 fully saturated rings. The van der Waals surface area contributed by atoms with Crippen molar-refractivity contribution in [2.45, 2.75) is 26.2 Å². The van der Waals surface area contributed by atoms with E-state index in [1.807, 2.05) is 43.3 Å². The van der Waals surface area contributed by atoms with Crippen LogP contribution in [0.15, 0.2) is 79.0 Å². The van der Waals surface area contributed by atoms with E-state index in [9.17, 15) is 4.39 Å². The highest BCUT2D eigenvalue weighted by molar-refractivity contribution is 6.02. The zero-order valence-electron chi connectivity index (χ0n) is 19.1. The van der Waals surface area contributed by atoms with Crippen molar-refractivity contribution in [3.63, 3.8) is 0 Å². The lowest BCUT2D eigenvalue weighted by Crippen LogP contribution is -2.17. The van der Waals surface area contributed by atoms with Crippen molar-refractivity contribution in [3.05, 3.63) is 113 Å². The molecular weight excluding hydrogens is 428 g/mol. The van der Waals surface area contributed by atoms with Crippen LogP contribution < -0.4 is 5.73 Å². The summed E-state index contributed by atoms with van der Waals surface area (Å²) in [6.07, 6.45) is 8.42. The number of anilines is 1. The van der Waals surface area contributed by atoms with Crippen LogP contribution in [0.4, 0.5) is 14.5 Å². The highest BCUT2D eigenvalue weighted by Gasteiger charge is 2.30. The zero-order chi connectivity index (χ0) is 24.2. The second-order valence-electron chi connectivity index (χ2n) is 8.67. The van der Waals surface area contributed by atoms with Gasteiger partial charge in [-0.1, -0.05) is 61.1 Å². The van der Waals surface area contributed by atoms with Gasteiger partial charge in [0.1, 0.15) is 11.5 Å². The third-order valence-electron chi connectivity index (χ3n) is 6.13. The summed E-state index contributed by atoms with van der Waals surface area (Å²) < 4.78 is 29.0. The lowest BCUT2D eigenvalue weighted by Gasteiger charge is -2.31. The highest BCUT2D eigenvalue weighted by Crippen LogP contribution is 2.45. The predicted octanol–water partition coefficient (Wildman–Crippen LogP) is 7.45. The van der Waals surface area contributed by atoms with E-state index < -0.39 is 11.8 Å². The Morgan fingerprint density at radius 1 is 1.12 bits per heavy atom. The van der Waals surface area contributed by atoms with E-state index in [-0.39, 0.29) is 17.2 Å². The Labute approximate surface area is 198 Å². The number of nitrogen functional groups attached to an aromatic ring is 1. The molecule has 0 unspecified atom stereocenters. The van der Waals surface area contributed by atoms with Crippen molar-refractivity contribution in [2.24, 2.45) is 5.92 Å². The molecule has 3 aromatic rings. The van der Waals surface area contributed by atoms with Crippen LogP contribution in [0.1, 0.15) is 54.1 Å². The monoisotopic (exact) mass is 455 g/mol. The summed E-state index contributed by atoms with van der Waals surface area (Å²) >= 11 is 0. The number of hydrogen-bond acceptors (Lipinski definition) is 3. The van der Waals surface area contributed by atoms with Gasteiger partial charge in [-0.3, -0.25) is 10.4 Å². The molecule has 0 amide bonds. The number of nitrogens with one attached hydrogen (secondary N) is 1. The first-order chi connectivity index (χ1) is 16.3. The van der Waals surface area contributed by atoms with Crippen molar-refractivity contribution in [3.8, 4) is 0 Å². The lowest BCUT2D eigenvalue weighted by atomic mass is 9.74. The summed E-state index contributed by atoms with van der Waals surface area (Å²) in [6, 6.07) is 15.9. The number of rotatable bonds is 7. The van der Waals surface area contributed by atoms with Gasteiger partial charge < -0.3 is 5.73 Å². The fourth-order valence-corrected chi connectivity index (χ4v) is 4.18. The number of nitrogens with two attached hydrogens (primary N) is 1. The number of benzene rings is 2. The molecule has 0 spiro atoms. The average molecular weight is 456 g/mol. The highest BCUT2D eigenvalue weighted by atomic mass is 19.1. The first-order valence-corrected chi connectivity index (χ1v) is 11.3. The van der Waals surface area contributed by atoms with E-state index in [0.717, 1.165) is 47.1 Å². The maximum Gasteiger partial charge on any atom is 0.214 e. The van der Waals surface area contributed by atoms with Gasteiger partial charge in [0.25, 0.3) is 0 Å². The second-order valence-corrected chi connectivity index (χ2v) is 8.67. The Morgan fingerprint density at radius 3 is 2.41 bits per heavy atom. The average Bonchev–Trinajstić information content (AvgIpc) is 2.78. The Balaban J connectivity index is 1.98. The summed E-state index contributed by atoms with van der Waals surface area (Å²) in [5, 5.41) is 7.51. The number of aromatic nitrogens is 1. The summed E-state index contributed by atoms with van der Waals surface area (Å²) in [6.45, 7) is 5.82. The molecule has 1 aliphatic carbocycles. The topological polar surface area (TPSA) is 62.8 Å². The first-order valence-electron chi connectivity index (χ1n) is 11.3. The summed E-state index contributed by atoms with van der Waals surface area (Å²) in [4.78, 5) is 4.40.